The van der Waals surface area contributed by atoms with E-state index in [9.17, 15) is 14.4 Å². The van der Waals surface area contributed by atoms with Crippen LogP contribution in [0.25, 0.3) is 10.9 Å². The van der Waals surface area contributed by atoms with Crippen LogP contribution >= 0.6 is 11.6 Å². The number of para-hydroxylation sites is 2. The number of benzene rings is 3. The lowest BCUT2D eigenvalue weighted by Gasteiger charge is -2.29. The van der Waals surface area contributed by atoms with E-state index in [2.05, 4.69) is 15.6 Å². The summed E-state index contributed by atoms with van der Waals surface area (Å²) in [7, 11) is 0. The van der Waals surface area contributed by atoms with Crippen LogP contribution in [0.2, 0.25) is 5.02 Å². The Labute approximate surface area is 233 Å². The van der Waals surface area contributed by atoms with Gasteiger partial charge in [0.2, 0.25) is 24.5 Å². The number of nitrogens with one attached hydrogen (secondary N) is 3. The summed E-state index contributed by atoms with van der Waals surface area (Å²) >= 11 is 6.47. The predicted octanol–water partition coefficient (Wildman–Crippen LogP) is 3.71. The minimum atomic E-state index is -1.42. The molecule has 4 aliphatic rings. The first kappa shape index (κ1) is 23.5. The first-order chi connectivity index (χ1) is 19.5. The summed E-state index contributed by atoms with van der Waals surface area (Å²) in [4.78, 5) is 46.7. The highest BCUT2D eigenvalue weighted by Crippen LogP contribution is 2.54. The van der Waals surface area contributed by atoms with E-state index in [4.69, 9.17) is 21.1 Å². The number of aromatic amines is 1. The van der Waals surface area contributed by atoms with Crippen molar-refractivity contribution in [2.75, 3.05) is 12.1 Å². The number of fused-ring (bicyclic) bond motifs is 6. The van der Waals surface area contributed by atoms with Crippen LogP contribution in [0, 0.1) is 11.8 Å². The third-order valence-corrected chi connectivity index (χ3v) is 9.00. The van der Waals surface area contributed by atoms with E-state index in [1.807, 2.05) is 36.5 Å². The average Bonchev–Trinajstić information content (AvgIpc) is 3.75. The summed E-state index contributed by atoms with van der Waals surface area (Å²) < 4.78 is 10.9. The minimum Gasteiger partial charge on any atom is -0.454 e. The molecule has 8 rings (SSSR count). The smallest absolute Gasteiger partial charge is 0.250 e. The number of ether oxygens (including phenoxy) is 2. The van der Waals surface area contributed by atoms with E-state index >= 15 is 0 Å². The highest BCUT2D eigenvalue weighted by Gasteiger charge is 2.70. The molecular weight excluding hydrogens is 532 g/mol. The zero-order valence-electron chi connectivity index (χ0n) is 21.1. The number of amides is 3. The molecule has 1 spiro atoms. The molecule has 4 aromatic rings. The van der Waals surface area contributed by atoms with Gasteiger partial charge >= 0.3 is 0 Å². The van der Waals surface area contributed by atoms with Gasteiger partial charge in [0.25, 0.3) is 0 Å². The minimum absolute atomic E-state index is 0.0706. The fourth-order valence-electron chi connectivity index (χ4n) is 6.94. The van der Waals surface area contributed by atoms with E-state index in [0.717, 1.165) is 22.0 Å². The molecule has 0 radical (unpaired) electrons. The third-order valence-electron chi connectivity index (χ3n) is 8.68. The van der Waals surface area contributed by atoms with Crippen LogP contribution in [0.15, 0.2) is 66.9 Å². The van der Waals surface area contributed by atoms with Crippen molar-refractivity contribution in [2.45, 2.75) is 24.5 Å². The first-order valence-corrected chi connectivity index (χ1v) is 13.5. The number of carbonyl (C=O) groups excluding carboxylic acids is 3. The molecule has 0 saturated carbocycles. The lowest BCUT2D eigenvalue weighted by Crippen LogP contribution is -2.53. The molecular formula is C30H23ClN4O5. The van der Waals surface area contributed by atoms with Gasteiger partial charge in [0, 0.05) is 28.7 Å². The SMILES string of the molecule is O=C1[C@H]2[C@@H](C(=O)N1Cc1ccc3c(c1)OCO3)[C@]1(N[C@@H]2Cc2c[nH]c3ccccc23)C(=O)Nc2c(Cl)cccc21. The van der Waals surface area contributed by atoms with Gasteiger partial charge in [0.15, 0.2) is 11.5 Å². The Morgan fingerprint density at radius 3 is 2.73 bits per heavy atom. The van der Waals surface area contributed by atoms with E-state index in [1.165, 1.54) is 4.90 Å². The van der Waals surface area contributed by atoms with E-state index in [1.54, 1.807) is 30.3 Å². The topological polar surface area (TPSA) is 113 Å². The number of nitrogens with zero attached hydrogens (tertiary/aromatic N) is 1. The zero-order chi connectivity index (χ0) is 27.2. The van der Waals surface area contributed by atoms with Crippen LogP contribution in [-0.2, 0) is 32.9 Å². The van der Waals surface area contributed by atoms with Crippen molar-refractivity contribution in [2.24, 2.45) is 11.8 Å². The molecule has 3 amide bonds. The van der Waals surface area contributed by atoms with E-state index < -0.39 is 23.4 Å². The van der Waals surface area contributed by atoms with Crippen LogP contribution in [-0.4, -0.2) is 40.4 Å². The summed E-state index contributed by atoms with van der Waals surface area (Å²) in [6.07, 6.45) is 2.38. The molecule has 2 saturated heterocycles. The van der Waals surface area contributed by atoms with Crippen molar-refractivity contribution in [3.05, 3.63) is 88.6 Å². The number of imide groups is 1. The number of halogens is 1. The molecule has 2 fully saturated rings. The monoisotopic (exact) mass is 554 g/mol. The Morgan fingerprint density at radius 1 is 0.975 bits per heavy atom. The Hall–Kier alpha value is -4.34. The van der Waals surface area contributed by atoms with Crippen LogP contribution in [0.1, 0.15) is 16.7 Å². The highest BCUT2D eigenvalue weighted by molar-refractivity contribution is 6.35. The molecule has 3 N–H and O–H groups in total. The Bertz CT molecular complexity index is 1770. The first-order valence-electron chi connectivity index (χ1n) is 13.1. The molecule has 40 heavy (non-hydrogen) atoms. The molecule has 3 aromatic carbocycles. The molecule has 0 bridgehead atoms. The fraction of sp³-hybridized carbons (Fsp3) is 0.233. The van der Waals surface area contributed by atoms with Gasteiger partial charge in [-0.05, 0) is 41.8 Å². The summed E-state index contributed by atoms with van der Waals surface area (Å²) in [5, 5.41) is 7.81. The van der Waals surface area contributed by atoms with Crippen molar-refractivity contribution in [3.8, 4) is 11.5 Å². The predicted molar refractivity (Wildman–Crippen MR) is 146 cm³/mol. The van der Waals surface area contributed by atoms with Crippen molar-refractivity contribution in [1.29, 1.82) is 0 Å². The standard InChI is InChI=1S/C30H23ClN4O5/c31-19-6-3-5-18-26(19)33-29(38)30(18)25-24(21(34-30)11-16-12-32-20-7-2-1-4-17(16)20)27(36)35(28(25)37)13-15-8-9-22-23(10-15)40-14-39-22/h1-10,12,21,24-25,32,34H,11,13-14H2,(H,33,38)/t21-,24-,25+,30+/m1/s1. The largest absolute Gasteiger partial charge is 0.454 e. The second-order valence-corrected chi connectivity index (χ2v) is 11.1. The van der Waals surface area contributed by atoms with Crippen LogP contribution in [0.5, 0.6) is 11.5 Å². The van der Waals surface area contributed by atoms with Crippen molar-refractivity contribution < 1.29 is 23.9 Å². The molecule has 4 aliphatic heterocycles. The summed E-state index contributed by atoms with van der Waals surface area (Å²) in [6.45, 7) is 0.201. The second kappa shape index (κ2) is 8.33. The number of likely N-dealkylation sites (tertiary alicyclic amines) is 1. The second-order valence-electron chi connectivity index (χ2n) is 10.7. The van der Waals surface area contributed by atoms with Crippen LogP contribution in [0.3, 0.4) is 0 Å². The molecule has 200 valence electrons. The molecule has 1 aromatic heterocycles. The Balaban J connectivity index is 1.22. The molecule has 5 heterocycles. The Morgan fingerprint density at radius 2 is 1.82 bits per heavy atom. The molecule has 9 nitrogen and oxygen atoms in total. The molecule has 0 unspecified atom stereocenters. The Kier molecular flexibility index (Phi) is 4.90. The maximum Gasteiger partial charge on any atom is 0.250 e. The zero-order valence-corrected chi connectivity index (χ0v) is 21.8. The van der Waals surface area contributed by atoms with Gasteiger partial charge in [0.1, 0.15) is 5.54 Å². The molecule has 4 atom stereocenters. The van der Waals surface area contributed by atoms with Gasteiger partial charge < -0.3 is 19.8 Å². The van der Waals surface area contributed by atoms with Gasteiger partial charge in [-0.2, -0.15) is 0 Å². The van der Waals surface area contributed by atoms with Crippen molar-refractivity contribution in [1.82, 2.24) is 15.2 Å². The molecule has 10 heteroatoms. The maximum absolute atomic E-state index is 14.2. The van der Waals surface area contributed by atoms with Crippen molar-refractivity contribution in [3.63, 3.8) is 0 Å². The van der Waals surface area contributed by atoms with Crippen LogP contribution < -0.4 is 20.1 Å². The summed E-state index contributed by atoms with van der Waals surface area (Å²) in [6, 6.07) is 18.1. The highest BCUT2D eigenvalue weighted by atomic mass is 35.5. The lowest BCUT2D eigenvalue weighted by molar-refractivity contribution is -0.143. The number of anilines is 1. The normalized spacial score (nSPS) is 26.2. The summed E-state index contributed by atoms with van der Waals surface area (Å²) in [5.74, 6) is -1.54. The molecule has 0 aliphatic carbocycles. The van der Waals surface area contributed by atoms with Crippen LogP contribution in [0.4, 0.5) is 5.69 Å². The van der Waals surface area contributed by atoms with Gasteiger partial charge in [-0.3, -0.25) is 24.6 Å². The number of hydrogen-bond donors (Lipinski definition) is 3. The maximum atomic E-state index is 14.2. The quantitative estimate of drug-likeness (QED) is 0.332. The van der Waals surface area contributed by atoms with E-state index in [-0.39, 0.29) is 31.1 Å². The third kappa shape index (κ3) is 3.10. The summed E-state index contributed by atoms with van der Waals surface area (Å²) in [5.41, 5.74) is 2.37. The van der Waals surface area contributed by atoms with E-state index in [0.29, 0.717) is 34.2 Å². The lowest BCUT2D eigenvalue weighted by atomic mass is 9.76. The number of aromatic nitrogens is 1. The van der Waals surface area contributed by atoms with Gasteiger partial charge in [-0.1, -0.05) is 48.0 Å². The number of H-pyrrole nitrogens is 1. The number of carbonyl (C=O) groups is 3. The van der Waals surface area contributed by atoms with Gasteiger partial charge in [-0.15, -0.1) is 0 Å². The van der Waals surface area contributed by atoms with Gasteiger partial charge in [0.05, 0.1) is 29.1 Å². The fourth-order valence-corrected chi connectivity index (χ4v) is 7.16. The van der Waals surface area contributed by atoms with Gasteiger partial charge in [-0.25, -0.2) is 0 Å². The van der Waals surface area contributed by atoms with Crippen molar-refractivity contribution >= 4 is 45.9 Å². The number of hydrogen-bond acceptors (Lipinski definition) is 6. The number of rotatable bonds is 4. The average molecular weight is 555 g/mol.